The maximum atomic E-state index is 11.9. The lowest BCUT2D eigenvalue weighted by Crippen LogP contribution is -2.61. The molecule has 1 aromatic heterocycles. The SMILES string of the molecule is O=C1CN(C(=O)NCc2nccs2)C(C(=O)O)CN1. The molecule has 1 saturated heterocycles. The zero-order valence-electron chi connectivity index (χ0n) is 9.83. The number of carboxylic acids is 1. The molecule has 3 N–H and O–H groups in total. The Kier molecular flexibility index (Phi) is 3.95. The van der Waals surface area contributed by atoms with Gasteiger partial charge in [0, 0.05) is 18.1 Å². The topological polar surface area (TPSA) is 112 Å². The average Bonchev–Trinajstić information content (AvgIpc) is 2.88. The molecule has 8 nitrogen and oxygen atoms in total. The first-order chi connectivity index (χ1) is 9.08. The van der Waals surface area contributed by atoms with Crippen LogP contribution in [0, 0.1) is 0 Å². The normalized spacial score (nSPS) is 18.8. The molecule has 1 atom stereocenters. The number of nitrogens with one attached hydrogen (secondary N) is 2. The van der Waals surface area contributed by atoms with Crippen molar-refractivity contribution in [3.63, 3.8) is 0 Å². The van der Waals surface area contributed by atoms with Crippen molar-refractivity contribution < 1.29 is 19.5 Å². The van der Waals surface area contributed by atoms with Crippen LogP contribution in [0.2, 0.25) is 0 Å². The number of thiazole rings is 1. The van der Waals surface area contributed by atoms with E-state index in [4.69, 9.17) is 5.11 Å². The van der Waals surface area contributed by atoms with Crippen molar-refractivity contribution in [1.29, 1.82) is 0 Å². The number of carbonyl (C=O) groups excluding carboxylic acids is 2. The molecule has 102 valence electrons. The molecule has 0 aromatic carbocycles. The summed E-state index contributed by atoms with van der Waals surface area (Å²) in [6.45, 7) is -0.138. The molecule has 0 bridgehead atoms. The first-order valence-corrected chi connectivity index (χ1v) is 6.38. The number of carbonyl (C=O) groups is 3. The van der Waals surface area contributed by atoms with Gasteiger partial charge < -0.3 is 15.7 Å². The third-order valence-corrected chi connectivity index (χ3v) is 3.38. The van der Waals surface area contributed by atoms with Crippen LogP contribution in [-0.2, 0) is 16.1 Å². The maximum Gasteiger partial charge on any atom is 0.328 e. The number of hydrogen-bond acceptors (Lipinski definition) is 5. The minimum Gasteiger partial charge on any atom is -0.480 e. The molecule has 19 heavy (non-hydrogen) atoms. The standard InChI is InChI=1S/C10H12N4O4S/c15-7-5-14(6(3-12-7)9(16)17)10(18)13-4-8-11-1-2-19-8/h1-2,6H,3-5H2,(H,12,15)(H,13,18)(H,16,17). The van der Waals surface area contributed by atoms with Gasteiger partial charge in [-0.05, 0) is 0 Å². The highest BCUT2D eigenvalue weighted by Gasteiger charge is 2.35. The summed E-state index contributed by atoms with van der Waals surface area (Å²) in [7, 11) is 0. The Balaban J connectivity index is 1.98. The number of piperazine rings is 1. The Bertz CT molecular complexity index is 490. The molecule has 3 amide bonds. The van der Waals surface area contributed by atoms with Crippen molar-refractivity contribution in [3.8, 4) is 0 Å². The summed E-state index contributed by atoms with van der Waals surface area (Å²) in [5.74, 6) is -1.52. The summed E-state index contributed by atoms with van der Waals surface area (Å²) >= 11 is 1.38. The molecule has 9 heteroatoms. The summed E-state index contributed by atoms with van der Waals surface area (Å²) in [6, 6.07) is -1.63. The number of hydrogen-bond donors (Lipinski definition) is 3. The Morgan fingerprint density at radius 3 is 3.05 bits per heavy atom. The van der Waals surface area contributed by atoms with E-state index in [2.05, 4.69) is 15.6 Å². The predicted molar refractivity (Wildman–Crippen MR) is 65.5 cm³/mol. The Morgan fingerprint density at radius 1 is 1.63 bits per heavy atom. The van der Waals surface area contributed by atoms with E-state index in [0.29, 0.717) is 5.01 Å². The number of rotatable bonds is 3. The molecule has 0 aliphatic carbocycles. The predicted octanol–water partition coefficient (Wildman–Crippen LogP) is -0.762. The quantitative estimate of drug-likeness (QED) is 0.675. The Hall–Kier alpha value is -2.16. The van der Waals surface area contributed by atoms with Crippen LogP contribution in [0.3, 0.4) is 0 Å². The first-order valence-electron chi connectivity index (χ1n) is 5.50. The van der Waals surface area contributed by atoms with Crippen LogP contribution in [0.5, 0.6) is 0 Å². The summed E-state index contributed by atoms with van der Waals surface area (Å²) in [5.41, 5.74) is 0. The van der Waals surface area contributed by atoms with Gasteiger partial charge in [0.1, 0.15) is 17.6 Å². The third kappa shape index (κ3) is 3.19. The minimum atomic E-state index is -1.15. The van der Waals surface area contributed by atoms with Gasteiger partial charge in [-0.15, -0.1) is 11.3 Å². The van der Waals surface area contributed by atoms with Gasteiger partial charge in [-0.3, -0.25) is 9.69 Å². The van der Waals surface area contributed by atoms with E-state index < -0.39 is 18.0 Å². The van der Waals surface area contributed by atoms with E-state index in [9.17, 15) is 14.4 Å². The second-order valence-corrected chi connectivity index (χ2v) is 4.85. The van der Waals surface area contributed by atoms with Gasteiger partial charge in [0.15, 0.2) is 0 Å². The zero-order chi connectivity index (χ0) is 13.8. The van der Waals surface area contributed by atoms with Gasteiger partial charge in [-0.1, -0.05) is 0 Å². The number of carboxylic acid groups (broad SMARTS) is 1. The van der Waals surface area contributed by atoms with E-state index in [0.717, 1.165) is 4.90 Å². The number of urea groups is 1. The van der Waals surface area contributed by atoms with Gasteiger partial charge in [0.25, 0.3) is 0 Å². The fourth-order valence-corrected chi connectivity index (χ4v) is 2.22. The van der Waals surface area contributed by atoms with E-state index in [-0.39, 0.29) is 25.5 Å². The van der Waals surface area contributed by atoms with Crippen molar-refractivity contribution >= 4 is 29.2 Å². The second kappa shape index (κ2) is 5.65. The van der Waals surface area contributed by atoms with Crippen LogP contribution >= 0.6 is 11.3 Å². The molecule has 2 heterocycles. The van der Waals surface area contributed by atoms with Crippen LogP contribution in [-0.4, -0.2) is 52.0 Å². The lowest BCUT2D eigenvalue weighted by Gasteiger charge is -2.32. The molecule has 1 aliphatic heterocycles. The molecule has 0 spiro atoms. The molecule has 1 fully saturated rings. The van der Waals surface area contributed by atoms with Crippen LogP contribution in [0.1, 0.15) is 5.01 Å². The van der Waals surface area contributed by atoms with Crippen LogP contribution in [0.4, 0.5) is 4.79 Å². The monoisotopic (exact) mass is 284 g/mol. The fraction of sp³-hybridized carbons (Fsp3) is 0.400. The highest BCUT2D eigenvalue weighted by Crippen LogP contribution is 2.07. The Morgan fingerprint density at radius 2 is 2.42 bits per heavy atom. The highest BCUT2D eigenvalue weighted by atomic mass is 32.1. The van der Waals surface area contributed by atoms with Gasteiger partial charge in [-0.25, -0.2) is 14.6 Å². The smallest absolute Gasteiger partial charge is 0.328 e. The van der Waals surface area contributed by atoms with Crippen LogP contribution in [0.25, 0.3) is 0 Å². The second-order valence-electron chi connectivity index (χ2n) is 3.87. The highest BCUT2D eigenvalue weighted by molar-refractivity contribution is 7.09. The van der Waals surface area contributed by atoms with Crippen molar-refractivity contribution in [2.45, 2.75) is 12.6 Å². The van der Waals surface area contributed by atoms with Crippen molar-refractivity contribution in [3.05, 3.63) is 16.6 Å². The third-order valence-electron chi connectivity index (χ3n) is 2.60. The van der Waals surface area contributed by atoms with Gasteiger partial charge in [0.05, 0.1) is 6.54 Å². The van der Waals surface area contributed by atoms with E-state index >= 15 is 0 Å². The van der Waals surface area contributed by atoms with E-state index in [1.807, 2.05) is 0 Å². The molecular formula is C10H12N4O4S. The summed E-state index contributed by atoms with van der Waals surface area (Å²) in [4.78, 5) is 39.2. The van der Waals surface area contributed by atoms with E-state index in [1.54, 1.807) is 11.6 Å². The molecular weight excluding hydrogens is 272 g/mol. The molecule has 0 radical (unpaired) electrons. The molecule has 1 aromatic rings. The van der Waals surface area contributed by atoms with Gasteiger partial charge >= 0.3 is 12.0 Å². The van der Waals surface area contributed by atoms with Gasteiger partial charge in [0.2, 0.25) is 5.91 Å². The molecule has 0 saturated carbocycles. The van der Waals surface area contributed by atoms with Crippen molar-refractivity contribution in [2.75, 3.05) is 13.1 Å². The summed E-state index contributed by atoms with van der Waals surface area (Å²) in [5, 5.41) is 16.5. The molecule has 1 aliphatic rings. The first kappa shape index (κ1) is 13.3. The van der Waals surface area contributed by atoms with Crippen LogP contribution in [0.15, 0.2) is 11.6 Å². The lowest BCUT2D eigenvalue weighted by molar-refractivity contribution is -0.144. The zero-order valence-corrected chi connectivity index (χ0v) is 10.6. The van der Waals surface area contributed by atoms with Crippen molar-refractivity contribution in [1.82, 2.24) is 20.5 Å². The van der Waals surface area contributed by atoms with Gasteiger partial charge in [-0.2, -0.15) is 0 Å². The van der Waals surface area contributed by atoms with E-state index in [1.165, 1.54) is 11.3 Å². The number of nitrogens with zero attached hydrogens (tertiary/aromatic N) is 2. The minimum absolute atomic E-state index is 0.0845. The average molecular weight is 284 g/mol. The number of aromatic nitrogens is 1. The molecule has 1 unspecified atom stereocenters. The van der Waals surface area contributed by atoms with Crippen molar-refractivity contribution in [2.24, 2.45) is 0 Å². The Labute approximate surface area is 112 Å². The summed E-state index contributed by atoms with van der Waals surface area (Å²) < 4.78 is 0. The maximum absolute atomic E-state index is 11.9. The molecule has 2 rings (SSSR count). The van der Waals surface area contributed by atoms with Crippen LogP contribution < -0.4 is 10.6 Å². The number of aliphatic carboxylic acids is 1. The number of amides is 3. The largest absolute Gasteiger partial charge is 0.480 e. The lowest BCUT2D eigenvalue weighted by atomic mass is 10.2. The summed E-state index contributed by atoms with van der Waals surface area (Å²) in [6.07, 6.45) is 1.61. The fourth-order valence-electron chi connectivity index (χ4n) is 1.67.